The second-order valence-corrected chi connectivity index (χ2v) is 3.86. The maximum absolute atomic E-state index is 13.1. The smallest absolute Gasteiger partial charge is 0.137 e. The molecule has 0 saturated carbocycles. The Balaban J connectivity index is 2.18. The fourth-order valence-corrected chi connectivity index (χ4v) is 1.80. The van der Waals surface area contributed by atoms with E-state index in [1.165, 1.54) is 12.1 Å². The Labute approximate surface area is 97.3 Å². The Morgan fingerprint density at radius 2 is 2.00 bits per heavy atom. The average molecular weight is 227 g/mol. The minimum atomic E-state index is -0.265. The molecule has 0 aliphatic rings. The molecule has 2 heterocycles. The molecule has 0 amide bonds. The van der Waals surface area contributed by atoms with Crippen molar-refractivity contribution in [3.8, 4) is 11.3 Å². The van der Waals surface area contributed by atoms with Crippen molar-refractivity contribution in [3.05, 3.63) is 54.6 Å². The SMILES string of the molecule is Nc1ccc2nc(-c3cccc(F)c3)cn2c1. The van der Waals surface area contributed by atoms with Crippen molar-refractivity contribution in [2.75, 3.05) is 5.73 Å². The number of hydrogen-bond donors (Lipinski definition) is 1. The summed E-state index contributed by atoms with van der Waals surface area (Å²) in [5, 5.41) is 0. The fourth-order valence-electron chi connectivity index (χ4n) is 1.80. The van der Waals surface area contributed by atoms with Crippen LogP contribution in [0.3, 0.4) is 0 Å². The zero-order chi connectivity index (χ0) is 11.8. The minimum Gasteiger partial charge on any atom is -0.398 e. The number of aromatic nitrogens is 2. The molecule has 4 heteroatoms. The fraction of sp³-hybridized carbons (Fsp3) is 0. The Morgan fingerprint density at radius 1 is 1.12 bits per heavy atom. The second kappa shape index (κ2) is 3.59. The average Bonchev–Trinajstić information content (AvgIpc) is 2.72. The zero-order valence-electron chi connectivity index (χ0n) is 8.97. The van der Waals surface area contributed by atoms with Gasteiger partial charge in [0.05, 0.1) is 5.69 Å². The molecule has 0 spiro atoms. The largest absolute Gasteiger partial charge is 0.398 e. The van der Waals surface area contributed by atoms with Crippen molar-refractivity contribution < 1.29 is 4.39 Å². The van der Waals surface area contributed by atoms with Gasteiger partial charge in [-0.3, -0.25) is 0 Å². The van der Waals surface area contributed by atoms with Gasteiger partial charge < -0.3 is 10.1 Å². The second-order valence-electron chi connectivity index (χ2n) is 3.86. The van der Waals surface area contributed by atoms with Crippen molar-refractivity contribution in [3.63, 3.8) is 0 Å². The molecule has 1 aromatic carbocycles. The summed E-state index contributed by atoms with van der Waals surface area (Å²) in [5.41, 5.74) is 8.63. The van der Waals surface area contributed by atoms with Crippen LogP contribution in [-0.2, 0) is 0 Å². The van der Waals surface area contributed by atoms with E-state index < -0.39 is 0 Å². The highest BCUT2D eigenvalue weighted by molar-refractivity contribution is 5.63. The zero-order valence-corrected chi connectivity index (χ0v) is 8.97. The number of imidazole rings is 1. The van der Waals surface area contributed by atoms with Gasteiger partial charge in [-0.1, -0.05) is 12.1 Å². The first-order valence-corrected chi connectivity index (χ1v) is 5.22. The molecule has 17 heavy (non-hydrogen) atoms. The predicted octanol–water partition coefficient (Wildman–Crippen LogP) is 2.72. The summed E-state index contributed by atoms with van der Waals surface area (Å²) in [6.45, 7) is 0. The third-order valence-corrected chi connectivity index (χ3v) is 2.59. The number of nitrogen functional groups attached to an aromatic ring is 1. The Hall–Kier alpha value is -2.36. The van der Waals surface area contributed by atoms with Gasteiger partial charge in [-0.05, 0) is 24.3 Å². The van der Waals surface area contributed by atoms with Crippen molar-refractivity contribution in [1.29, 1.82) is 0 Å². The monoisotopic (exact) mass is 227 g/mol. The van der Waals surface area contributed by atoms with Crippen LogP contribution >= 0.6 is 0 Å². The van der Waals surface area contributed by atoms with E-state index in [-0.39, 0.29) is 5.82 Å². The first-order valence-electron chi connectivity index (χ1n) is 5.22. The van der Waals surface area contributed by atoms with Crippen molar-refractivity contribution in [2.24, 2.45) is 0 Å². The van der Waals surface area contributed by atoms with E-state index in [1.807, 2.05) is 22.7 Å². The molecule has 0 unspecified atom stereocenters. The summed E-state index contributed by atoms with van der Waals surface area (Å²) in [6, 6.07) is 10.00. The van der Waals surface area contributed by atoms with Gasteiger partial charge in [0.2, 0.25) is 0 Å². The summed E-state index contributed by atoms with van der Waals surface area (Å²) in [4.78, 5) is 4.41. The molecule has 3 aromatic rings. The summed E-state index contributed by atoms with van der Waals surface area (Å²) in [5.74, 6) is -0.265. The quantitative estimate of drug-likeness (QED) is 0.694. The number of fused-ring (bicyclic) bond motifs is 1. The van der Waals surface area contributed by atoms with E-state index >= 15 is 0 Å². The van der Waals surface area contributed by atoms with Crippen LogP contribution in [0.5, 0.6) is 0 Å². The Morgan fingerprint density at radius 3 is 2.82 bits per heavy atom. The highest BCUT2D eigenvalue weighted by Gasteiger charge is 2.05. The van der Waals surface area contributed by atoms with E-state index in [9.17, 15) is 4.39 Å². The van der Waals surface area contributed by atoms with Gasteiger partial charge in [0.25, 0.3) is 0 Å². The van der Waals surface area contributed by atoms with Crippen LogP contribution in [0, 0.1) is 5.82 Å². The maximum atomic E-state index is 13.1. The topological polar surface area (TPSA) is 43.3 Å². The predicted molar refractivity (Wildman–Crippen MR) is 65.0 cm³/mol. The van der Waals surface area contributed by atoms with Crippen LogP contribution in [0.2, 0.25) is 0 Å². The normalized spacial score (nSPS) is 10.9. The van der Waals surface area contributed by atoms with Crippen LogP contribution in [0.1, 0.15) is 0 Å². The van der Waals surface area contributed by atoms with Gasteiger partial charge in [-0.25, -0.2) is 9.37 Å². The molecule has 0 radical (unpaired) electrons. The number of halogens is 1. The number of hydrogen-bond acceptors (Lipinski definition) is 2. The lowest BCUT2D eigenvalue weighted by Crippen LogP contribution is -1.88. The van der Waals surface area contributed by atoms with E-state index in [2.05, 4.69) is 4.98 Å². The summed E-state index contributed by atoms with van der Waals surface area (Å²) in [6.07, 6.45) is 3.62. The minimum absolute atomic E-state index is 0.265. The molecule has 0 aliphatic heterocycles. The van der Waals surface area contributed by atoms with Crippen molar-refractivity contribution in [2.45, 2.75) is 0 Å². The maximum Gasteiger partial charge on any atom is 0.137 e. The lowest BCUT2D eigenvalue weighted by molar-refractivity contribution is 0.628. The van der Waals surface area contributed by atoms with Crippen LogP contribution in [-0.4, -0.2) is 9.38 Å². The number of pyridine rings is 1. The Bertz CT molecular complexity index is 688. The van der Waals surface area contributed by atoms with E-state index in [0.29, 0.717) is 5.69 Å². The van der Waals surface area contributed by atoms with Crippen molar-refractivity contribution >= 4 is 11.3 Å². The third kappa shape index (κ3) is 1.73. The number of benzene rings is 1. The van der Waals surface area contributed by atoms with Crippen LogP contribution in [0.25, 0.3) is 16.9 Å². The molecular weight excluding hydrogens is 217 g/mol. The number of nitrogens with two attached hydrogens (primary N) is 1. The Kier molecular flexibility index (Phi) is 2.08. The molecule has 0 bridgehead atoms. The van der Waals surface area contributed by atoms with Gasteiger partial charge in [0.1, 0.15) is 11.5 Å². The lowest BCUT2D eigenvalue weighted by atomic mass is 10.2. The summed E-state index contributed by atoms with van der Waals surface area (Å²) >= 11 is 0. The molecule has 0 fully saturated rings. The van der Waals surface area contributed by atoms with Crippen LogP contribution in [0.4, 0.5) is 10.1 Å². The number of nitrogens with zero attached hydrogens (tertiary/aromatic N) is 2. The molecule has 2 N–H and O–H groups in total. The van der Waals surface area contributed by atoms with Crippen LogP contribution in [0.15, 0.2) is 48.8 Å². The summed E-state index contributed by atoms with van der Waals surface area (Å²) in [7, 11) is 0. The van der Waals surface area contributed by atoms with Gasteiger partial charge in [-0.2, -0.15) is 0 Å². The number of rotatable bonds is 1. The molecule has 84 valence electrons. The van der Waals surface area contributed by atoms with E-state index in [1.54, 1.807) is 18.3 Å². The molecule has 0 atom stereocenters. The highest BCUT2D eigenvalue weighted by Crippen LogP contribution is 2.20. The standard InChI is InChI=1S/C13H10FN3/c14-10-3-1-2-9(6-10)12-8-17-7-11(15)4-5-13(17)16-12/h1-8H,15H2. The summed E-state index contributed by atoms with van der Waals surface area (Å²) < 4.78 is 14.9. The first-order chi connectivity index (χ1) is 8.22. The molecular formula is C13H10FN3. The highest BCUT2D eigenvalue weighted by atomic mass is 19.1. The van der Waals surface area contributed by atoms with Crippen LogP contribution < -0.4 is 5.73 Å². The molecule has 3 nitrogen and oxygen atoms in total. The first kappa shape index (κ1) is 9.84. The van der Waals surface area contributed by atoms with E-state index in [4.69, 9.17) is 5.73 Å². The van der Waals surface area contributed by atoms with Crippen molar-refractivity contribution in [1.82, 2.24) is 9.38 Å². The third-order valence-electron chi connectivity index (χ3n) is 2.59. The molecule has 2 aromatic heterocycles. The van der Waals surface area contributed by atoms with E-state index in [0.717, 1.165) is 16.9 Å². The van der Waals surface area contributed by atoms with Gasteiger partial charge >= 0.3 is 0 Å². The molecule has 0 saturated heterocycles. The van der Waals surface area contributed by atoms with Gasteiger partial charge in [0.15, 0.2) is 0 Å². The molecule has 0 aliphatic carbocycles. The number of anilines is 1. The molecule has 3 rings (SSSR count). The van der Waals surface area contributed by atoms with Gasteiger partial charge in [0, 0.05) is 23.6 Å². The van der Waals surface area contributed by atoms with Gasteiger partial charge in [-0.15, -0.1) is 0 Å². The lowest BCUT2D eigenvalue weighted by Gasteiger charge is -1.94.